The number of carbonyl (C=O) groups is 1. The fraction of sp³-hybridized carbons (Fsp3) is 0.625. The van der Waals surface area contributed by atoms with Gasteiger partial charge < -0.3 is 18.1 Å². The molecule has 0 heterocycles. The van der Waals surface area contributed by atoms with E-state index in [1.807, 2.05) is 13.8 Å². The van der Waals surface area contributed by atoms with E-state index >= 15 is 0 Å². The molecule has 0 aliphatic rings. The summed E-state index contributed by atoms with van der Waals surface area (Å²) in [4.78, 5) is 10.8. The minimum Gasteiger partial charge on any atom is -0.346 e. The van der Waals surface area contributed by atoms with Gasteiger partial charge in [-0.3, -0.25) is 0 Å². The Morgan fingerprint density at radius 3 is 2.40 bits per heavy atom. The smallest absolute Gasteiger partial charge is 0.346 e. The average Bonchev–Trinajstić information content (AvgIpc) is 1.82. The van der Waals surface area contributed by atoms with E-state index in [1.54, 1.807) is 6.42 Å². The van der Waals surface area contributed by atoms with E-state index in [4.69, 9.17) is 0 Å². The molecule has 0 fully saturated rings. The summed E-state index contributed by atoms with van der Waals surface area (Å²) in [6.07, 6.45) is 3.35. The van der Waals surface area contributed by atoms with Gasteiger partial charge in [0.05, 0.1) is 0 Å². The summed E-state index contributed by atoms with van der Waals surface area (Å²) in [5.41, 5.74) is 0. The molecule has 2 heteroatoms. The van der Waals surface area contributed by atoms with Gasteiger partial charge in [-0.15, -0.1) is 0 Å². The third kappa shape index (κ3) is 6.35. The Morgan fingerprint density at radius 1 is 1.60 bits per heavy atom. The fourth-order valence-corrected chi connectivity index (χ4v) is 0.480. The molecule has 0 saturated carbocycles. The molecule has 0 aliphatic carbocycles. The van der Waals surface area contributed by atoms with E-state index in [9.17, 15) is 4.79 Å². The van der Waals surface area contributed by atoms with Crippen LogP contribution in [0.5, 0.6) is 0 Å². The monoisotopic (exact) mass is 310 g/mol. The number of hydrogen-bond donors (Lipinski definition) is 0. The Balaban J connectivity index is 0. The molecule has 0 saturated heterocycles. The first-order valence-corrected chi connectivity index (χ1v) is 3.34. The minimum absolute atomic E-state index is 0. The van der Waals surface area contributed by atoms with Crippen LogP contribution in [0.25, 0.3) is 0 Å². The molecule has 0 bridgehead atoms. The molecule has 1 nitrogen and oxygen atoms in total. The van der Waals surface area contributed by atoms with Crippen LogP contribution in [0.15, 0.2) is 0 Å². The second kappa shape index (κ2) is 7.34. The zero-order chi connectivity index (χ0) is 7.28. The Kier molecular flexibility index (Phi) is 9.44. The van der Waals surface area contributed by atoms with Crippen LogP contribution in [0.4, 0.5) is 0 Å². The van der Waals surface area contributed by atoms with Crippen molar-refractivity contribution in [3.63, 3.8) is 0 Å². The van der Waals surface area contributed by atoms with Crippen molar-refractivity contribution in [2.24, 2.45) is 5.92 Å². The Hall–Kier alpha value is 0.228. The largest absolute Gasteiger partial charge is 2.00 e. The molecule has 0 aromatic rings. The number of unbranched alkanes of at least 4 members (excludes halogenated alkanes) is 1. The molecule has 0 amide bonds. The maximum Gasteiger partial charge on any atom is 2.00 e. The molecule has 0 aromatic heterocycles. The second-order valence-electron chi connectivity index (χ2n) is 2.40. The van der Waals surface area contributed by atoms with Gasteiger partial charge in [0, 0.05) is 5.78 Å². The van der Waals surface area contributed by atoms with Gasteiger partial charge in [-0.05, 0) is 5.92 Å². The van der Waals surface area contributed by atoms with Gasteiger partial charge in [0.25, 0.3) is 0 Å². The van der Waals surface area contributed by atoms with E-state index in [0.29, 0.717) is 0 Å². The Bertz CT molecular complexity index is 89.3. The van der Waals surface area contributed by atoms with Gasteiger partial charge in [-0.1, -0.05) is 13.8 Å². The average molecular weight is 310 g/mol. The molecular weight excluding hydrogens is 296 g/mol. The van der Waals surface area contributed by atoms with Gasteiger partial charge in [0.1, 0.15) is 0 Å². The van der Waals surface area contributed by atoms with Crippen LogP contribution < -0.4 is 0 Å². The number of ketones is 1. The van der Waals surface area contributed by atoms with E-state index in [1.165, 1.54) is 0 Å². The molecule has 0 unspecified atom stereocenters. The molecule has 0 aromatic carbocycles. The molecule has 0 atom stereocenters. The molecule has 10 heavy (non-hydrogen) atoms. The van der Waals surface area contributed by atoms with Crippen molar-refractivity contribution >= 4 is 5.78 Å². The first-order valence-electron chi connectivity index (χ1n) is 3.34. The molecule has 0 rings (SSSR count). The van der Waals surface area contributed by atoms with Crippen molar-refractivity contribution in [2.45, 2.75) is 26.7 Å². The van der Waals surface area contributed by atoms with Gasteiger partial charge in [0.2, 0.25) is 0 Å². The zero-order valence-electron chi connectivity index (χ0n) is 6.59. The number of Topliss-reactive ketones (excluding diaryl/α,β-unsaturated/α-hetero) is 1. The molecule has 0 spiro atoms. The van der Waals surface area contributed by atoms with Crippen LogP contribution in [0.2, 0.25) is 0 Å². The van der Waals surface area contributed by atoms with Crippen LogP contribution >= 0.6 is 0 Å². The minimum atomic E-state index is 0. The summed E-state index contributed by atoms with van der Waals surface area (Å²) in [7, 11) is 0. The van der Waals surface area contributed by atoms with Crippen molar-refractivity contribution in [1.29, 1.82) is 0 Å². The fourth-order valence-electron chi connectivity index (χ4n) is 0.480. The number of carbonyl (C=O) groups excluding carboxylic acids is 1. The summed E-state index contributed by atoms with van der Waals surface area (Å²) in [5, 5.41) is 0. The normalized spacial score (nSPS) is 8.80. The summed E-state index contributed by atoms with van der Waals surface area (Å²) in [6, 6.07) is 0. The quantitative estimate of drug-likeness (QED) is 0.726. The van der Waals surface area contributed by atoms with Crippen molar-refractivity contribution in [3.05, 3.63) is 13.3 Å². The summed E-state index contributed by atoms with van der Waals surface area (Å²) in [6.45, 7) is 7.44. The third-order valence-electron chi connectivity index (χ3n) is 1.12. The summed E-state index contributed by atoms with van der Waals surface area (Å²) in [5.74, 6) is 0.384. The second-order valence-corrected chi connectivity index (χ2v) is 2.40. The molecule has 0 N–H and O–H groups in total. The Labute approximate surface area is 77.8 Å². The van der Waals surface area contributed by atoms with Gasteiger partial charge >= 0.3 is 21.1 Å². The van der Waals surface area contributed by atoms with E-state index in [-0.39, 0.29) is 32.8 Å². The van der Waals surface area contributed by atoms with E-state index in [0.717, 1.165) is 12.8 Å². The van der Waals surface area contributed by atoms with E-state index in [2.05, 4.69) is 6.92 Å². The topological polar surface area (TPSA) is 17.1 Å². The van der Waals surface area contributed by atoms with Crippen molar-refractivity contribution in [3.8, 4) is 0 Å². The van der Waals surface area contributed by atoms with Crippen molar-refractivity contribution in [2.75, 3.05) is 0 Å². The van der Waals surface area contributed by atoms with Crippen LogP contribution in [0, 0.1) is 19.3 Å². The number of rotatable bonds is 4. The first kappa shape index (κ1) is 12.9. The number of hydrogen-bond acceptors (Lipinski definition) is 1. The summed E-state index contributed by atoms with van der Waals surface area (Å²) < 4.78 is 0. The van der Waals surface area contributed by atoms with Gasteiger partial charge in [0.15, 0.2) is 0 Å². The predicted molar refractivity (Wildman–Crippen MR) is 38.7 cm³/mol. The third-order valence-corrected chi connectivity index (χ3v) is 1.12. The Morgan fingerprint density at radius 2 is 2.10 bits per heavy atom. The molecule has 0 radical (unpaired) electrons. The van der Waals surface area contributed by atoms with Gasteiger partial charge in [-0.25, -0.2) is 6.42 Å². The predicted octanol–water partition coefficient (Wildman–Crippen LogP) is 2.03. The first-order chi connectivity index (χ1) is 4.18. The zero-order valence-corrected chi connectivity index (χ0v) is 9.53. The van der Waals surface area contributed by atoms with E-state index < -0.39 is 0 Å². The van der Waals surface area contributed by atoms with Crippen molar-refractivity contribution < 1.29 is 25.9 Å². The maximum atomic E-state index is 10.8. The summed E-state index contributed by atoms with van der Waals surface area (Å²) >= 11 is 0. The standard InChI is InChI=1S/C8H14O.W/c1-4-5-6-8(9)7(2)3;/h6-7H,1,4-5H2,2-3H3;/q-2;+2. The van der Waals surface area contributed by atoms with Crippen LogP contribution in [-0.4, -0.2) is 5.78 Å². The van der Waals surface area contributed by atoms with Crippen LogP contribution in [0.3, 0.4) is 0 Å². The molecule has 0 aliphatic heterocycles. The van der Waals surface area contributed by atoms with Crippen LogP contribution in [0.1, 0.15) is 26.7 Å². The molecule has 58 valence electrons. The van der Waals surface area contributed by atoms with Gasteiger partial charge in [-0.2, -0.15) is 6.42 Å². The van der Waals surface area contributed by atoms with Crippen molar-refractivity contribution in [1.82, 2.24) is 0 Å². The maximum absolute atomic E-state index is 10.8. The SMILES string of the molecule is [CH2-]CC[CH-]C(=O)C(C)C.[W+2]. The van der Waals surface area contributed by atoms with Crippen LogP contribution in [-0.2, 0) is 25.9 Å². The molecular formula is C8H14OW.